The fourth-order valence-electron chi connectivity index (χ4n) is 3.76. The van der Waals surface area contributed by atoms with Crippen LogP contribution in [0, 0.1) is 19.8 Å². The molecule has 0 aliphatic carbocycles. The first-order valence-corrected chi connectivity index (χ1v) is 9.14. The first-order chi connectivity index (χ1) is 12.1. The van der Waals surface area contributed by atoms with Gasteiger partial charge in [-0.15, -0.1) is 0 Å². The van der Waals surface area contributed by atoms with Crippen LogP contribution in [0.5, 0.6) is 11.5 Å². The van der Waals surface area contributed by atoms with Crippen LogP contribution in [0.3, 0.4) is 0 Å². The van der Waals surface area contributed by atoms with Crippen LogP contribution in [0.4, 0.5) is 0 Å². The summed E-state index contributed by atoms with van der Waals surface area (Å²) < 4.78 is 11.6. The van der Waals surface area contributed by atoms with E-state index in [9.17, 15) is 0 Å². The summed E-state index contributed by atoms with van der Waals surface area (Å²) in [7, 11) is 3.90. The minimum absolute atomic E-state index is 0.635. The number of benzene rings is 2. The number of nitrogens with zero attached hydrogens (tertiary/aromatic N) is 1. The molecule has 0 spiro atoms. The minimum Gasteiger partial charge on any atom is -0.497 e. The molecule has 1 fully saturated rings. The molecular weight excluding hydrogens is 310 g/mol. The molecule has 3 nitrogen and oxygen atoms in total. The van der Waals surface area contributed by atoms with Gasteiger partial charge in [-0.25, -0.2) is 0 Å². The molecule has 1 unspecified atom stereocenters. The minimum atomic E-state index is 0.635. The lowest BCUT2D eigenvalue weighted by atomic mass is 9.98. The molecule has 0 N–H and O–H groups in total. The van der Waals surface area contributed by atoms with Crippen LogP contribution in [-0.4, -0.2) is 38.8 Å². The molecule has 2 aromatic rings. The monoisotopic (exact) mass is 339 g/mol. The van der Waals surface area contributed by atoms with Crippen LogP contribution in [0.15, 0.2) is 36.4 Å². The van der Waals surface area contributed by atoms with Crippen LogP contribution in [0.25, 0.3) is 11.1 Å². The Morgan fingerprint density at radius 3 is 2.52 bits per heavy atom. The maximum absolute atomic E-state index is 6.24. The SMILES string of the molecule is COc1cccc(-c2cc(C)c(OCC3CCCN(C)C3)c(C)c2)c1. The molecule has 1 atom stereocenters. The summed E-state index contributed by atoms with van der Waals surface area (Å²) in [6.45, 7) is 7.44. The zero-order chi connectivity index (χ0) is 17.8. The highest BCUT2D eigenvalue weighted by Crippen LogP contribution is 2.32. The number of rotatable bonds is 5. The maximum atomic E-state index is 6.24. The summed E-state index contributed by atoms with van der Waals surface area (Å²) >= 11 is 0. The van der Waals surface area contributed by atoms with Gasteiger partial charge in [0.15, 0.2) is 0 Å². The summed E-state index contributed by atoms with van der Waals surface area (Å²) in [4.78, 5) is 2.41. The Bertz CT molecular complexity index is 703. The van der Waals surface area contributed by atoms with Crippen molar-refractivity contribution in [2.75, 3.05) is 33.9 Å². The highest BCUT2D eigenvalue weighted by molar-refractivity contribution is 5.68. The second-order valence-electron chi connectivity index (χ2n) is 7.25. The van der Waals surface area contributed by atoms with Crippen molar-refractivity contribution in [2.24, 2.45) is 5.92 Å². The highest BCUT2D eigenvalue weighted by Gasteiger charge is 2.18. The number of hydrogen-bond acceptors (Lipinski definition) is 3. The molecule has 0 radical (unpaired) electrons. The lowest BCUT2D eigenvalue weighted by Gasteiger charge is -2.29. The van der Waals surface area contributed by atoms with E-state index in [1.807, 2.05) is 12.1 Å². The number of aryl methyl sites for hydroxylation is 2. The van der Waals surface area contributed by atoms with E-state index in [1.54, 1.807) is 7.11 Å². The van der Waals surface area contributed by atoms with Crippen LogP contribution in [-0.2, 0) is 0 Å². The van der Waals surface area contributed by atoms with Gasteiger partial charge in [0.05, 0.1) is 13.7 Å². The zero-order valence-electron chi connectivity index (χ0n) is 15.8. The van der Waals surface area contributed by atoms with Gasteiger partial charge in [-0.3, -0.25) is 0 Å². The van der Waals surface area contributed by atoms with Gasteiger partial charge in [-0.05, 0) is 86.8 Å². The smallest absolute Gasteiger partial charge is 0.125 e. The Morgan fingerprint density at radius 1 is 1.08 bits per heavy atom. The van der Waals surface area contributed by atoms with Crippen molar-refractivity contribution in [1.82, 2.24) is 4.90 Å². The van der Waals surface area contributed by atoms with Crippen molar-refractivity contribution in [3.05, 3.63) is 47.5 Å². The highest BCUT2D eigenvalue weighted by atomic mass is 16.5. The van der Waals surface area contributed by atoms with Gasteiger partial charge >= 0.3 is 0 Å². The van der Waals surface area contributed by atoms with Crippen LogP contribution in [0.2, 0.25) is 0 Å². The van der Waals surface area contributed by atoms with E-state index in [2.05, 4.69) is 50.1 Å². The average molecular weight is 339 g/mol. The van der Waals surface area contributed by atoms with Crippen molar-refractivity contribution in [1.29, 1.82) is 0 Å². The molecule has 2 aromatic carbocycles. The summed E-state index contributed by atoms with van der Waals surface area (Å²) in [6, 6.07) is 12.6. The molecule has 1 heterocycles. The van der Waals surface area contributed by atoms with Gasteiger partial charge in [0.1, 0.15) is 11.5 Å². The topological polar surface area (TPSA) is 21.7 Å². The van der Waals surface area contributed by atoms with E-state index in [0.717, 1.165) is 24.7 Å². The number of piperidine rings is 1. The summed E-state index contributed by atoms with van der Waals surface area (Å²) in [5.41, 5.74) is 4.77. The second-order valence-corrected chi connectivity index (χ2v) is 7.25. The molecule has 134 valence electrons. The molecule has 1 saturated heterocycles. The van der Waals surface area contributed by atoms with E-state index in [-0.39, 0.29) is 0 Å². The normalized spacial score (nSPS) is 18.2. The predicted molar refractivity (Wildman–Crippen MR) is 104 cm³/mol. The fraction of sp³-hybridized carbons (Fsp3) is 0.455. The molecule has 0 aromatic heterocycles. The van der Waals surface area contributed by atoms with Crippen molar-refractivity contribution in [3.8, 4) is 22.6 Å². The molecule has 0 saturated carbocycles. The molecule has 25 heavy (non-hydrogen) atoms. The lowest BCUT2D eigenvalue weighted by Crippen LogP contribution is -2.34. The third-order valence-corrected chi connectivity index (χ3v) is 5.05. The molecule has 0 bridgehead atoms. The number of methoxy groups -OCH3 is 1. The number of hydrogen-bond donors (Lipinski definition) is 0. The first kappa shape index (κ1) is 17.8. The van der Waals surface area contributed by atoms with E-state index in [4.69, 9.17) is 9.47 Å². The van der Waals surface area contributed by atoms with E-state index < -0.39 is 0 Å². The van der Waals surface area contributed by atoms with Gasteiger partial charge in [-0.1, -0.05) is 12.1 Å². The maximum Gasteiger partial charge on any atom is 0.125 e. The first-order valence-electron chi connectivity index (χ1n) is 9.14. The van der Waals surface area contributed by atoms with Gasteiger partial charge in [0.2, 0.25) is 0 Å². The number of ether oxygens (including phenoxy) is 2. The lowest BCUT2D eigenvalue weighted by molar-refractivity contribution is 0.149. The molecule has 1 aliphatic rings. The Morgan fingerprint density at radius 2 is 1.84 bits per heavy atom. The Labute approximate surface area is 151 Å². The Hall–Kier alpha value is -2.00. The molecule has 3 heteroatoms. The Kier molecular flexibility index (Phi) is 5.64. The third-order valence-electron chi connectivity index (χ3n) is 5.05. The predicted octanol–water partition coefficient (Wildman–Crippen LogP) is 4.70. The van der Waals surface area contributed by atoms with Crippen molar-refractivity contribution in [3.63, 3.8) is 0 Å². The molecule has 1 aliphatic heterocycles. The molecule has 0 amide bonds. The van der Waals surface area contributed by atoms with Crippen molar-refractivity contribution in [2.45, 2.75) is 26.7 Å². The van der Waals surface area contributed by atoms with Crippen LogP contribution < -0.4 is 9.47 Å². The zero-order valence-corrected chi connectivity index (χ0v) is 15.8. The van der Waals surface area contributed by atoms with Crippen molar-refractivity contribution >= 4 is 0 Å². The van der Waals surface area contributed by atoms with E-state index in [1.165, 1.54) is 41.6 Å². The third kappa shape index (κ3) is 4.35. The average Bonchev–Trinajstić information content (AvgIpc) is 2.61. The van der Waals surface area contributed by atoms with Gasteiger partial charge in [-0.2, -0.15) is 0 Å². The van der Waals surface area contributed by atoms with E-state index in [0.29, 0.717) is 5.92 Å². The second kappa shape index (κ2) is 7.92. The standard InChI is InChI=1S/C22H29NO2/c1-16-11-20(19-8-5-9-21(13-19)24-4)12-17(2)22(16)25-15-18-7-6-10-23(3)14-18/h5,8-9,11-13,18H,6-7,10,14-15H2,1-4H3. The number of likely N-dealkylation sites (tertiary alicyclic amines) is 1. The largest absolute Gasteiger partial charge is 0.497 e. The van der Waals surface area contributed by atoms with Gasteiger partial charge in [0, 0.05) is 12.5 Å². The van der Waals surface area contributed by atoms with Crippen molar-refractivity contribution < 1.29 is 9.47 Å². The molecule has 3 rings (SSSR count). The summed E-state index contributed by atoms with van der Waals surface area (Å²) in [6.07, 6.45) is 2.54. The Balaban J connectivity index is 1.75. The summed E-state index contributed by atoms with van der Waals surface area (Å²) in [5, 5.41) is 0. The van der Waals surface area contributed by atoms with Gasteiger partial charge < -0.3 is 14.4 Å². The summed E-state index contributed by atoms with van der Waals surface area (Å²) in [5.74, 6) is 2.56. The van der Waals surface area contributed by atoms with Crippen LogP contribution >= 0.6 is 0 Å². The quantitative estimate of drug-likeness (QED) is 0.788. The van der Waals surface area contributed by atoms with Crippen LogP contribution in [0.1, 0.15) is 24.0 Å². The molecular formula is C22H29NO2. The van der Waals surface area contributed by atoms with E-state index >= 15 is 0 Å². The fourth-order valence-corrected chi connectivity index (χ4v) is 3.76. The van der Waals surface area contributed by atoms with Gasteiger partial charge in [0.25, 0.3) is 0 Å².